The van der Waals surface area contributed by atoms with Gasteiger partial charge in [0.05, 0.1) is 15.1 Å². The van der Waals surface area contributed by atoms with Gasteiger partial charge in [0.1, 0.15) is 21.2 Å². The fourth-order valence-corrected chi connectivity index (χ4v) is 6.56. The van der Waals surface area contributed by atoms with Crippen molar-refractivity contribution in [3.63, 3.8) is 0 Å². The van der Waals surface area contributed by atoms with Crippen LogP contribution in [0, 0.1) is 5.41 Å². The van der Waals surface area contributed by atoms with Gasteiger partial charge in [0.15, 0.2) is 0 Å². The van der Waals surface area contributed by atoms with E-state index in [1.165, 1.54) is 17.4 Å². The Morgan fingerprint density at radius 2 is 2.03 bits per heavy atom. The van der Waals surface area contributed by atoms with E-state index in [1.807, 2.05) is 5.38 Å². The number of sulfonamides is 1. The predicted molar refractivity (Wildman–Crippen MR) is 128 cm³/mol. The average Bonchev–Trinajstić information content (AvgIpc) is 3.49. The van der Waals surface area contributed by atoms with Gasteiger partial charge >= 0.3 is 12.1 Å². The maximum Gasteiger partial charge on any atom is 0.490 e. The fraction of sp³-hybridized carbons (Fsp3) is 0.263. The molecule has 0 saturated carbocycles. The van der Waals surface area contributed by atoms with E-state index in [4.69, 9.17) is 32.6 Å². The highest BCUT2D eigenvalue weighted by atomic mass is 35.5. The van der Waals surface area contributed by atoms with Crippen LogP contribution in [0.25, 0.3) is 10.2 Å². The van der Waals surface area contributed by atoms with Crippen LogP contribution in [0.4, 0.5) is 13.2 Å². The normalized spacial score (nSPS) is 16.2. The maximum atomic E-state index is 12.8. The molecular weight excluding hydrogens is 567 g/mol. The van der Waals surface area contributed by atoms with Crippen LogP contribution in [-0.4, -0.2) is 59.9 Å². The Kier molecular flexibility index (Phi) is 8.24. The molecule has 1 aliphatic heterocycles. The van der Waals surface area contributed by atoms with Crippen LogP contribution >= 0.6 is 34.3 Å². The number of aliphatic carboxylic acids is 1. The van der Waals surface area contributed by atoms with Crippen LogP contribution in [0.2, 0.25) is 5.15 Å². The number of carboxylic acids is 1. The summed E-state index contributed by atoms with van der Waals surface area (Å²) in [6, 6.07) is 5.73. The zero-order chi connectivity index (χ0) is 26.8. The van der Waals surface area contributed by atoms with Gasteiger partial charge in [-0.15, -0.1) is 22.7 Å². The molecule has 194 valence electrons. The second-order valence-electron chi connectivity index (χ2n) is 7.34. The number of hydrogen-bond acceptors (Lipinski definition) is 8. The number of amides is 1. The molecule has 36 heavy (non-hydrogen) atoms. The van der Waals surface area contributed by atoms with Gasteiger partial charge in [-0.3, -0.25) is 10.2 Å². The van der Waals surface area contributed by atoms with Crippen molar-refractivity contribution in [3.8, 4) is 0 Å². The number of carbonyl (C=O) groups is 2. The molecule has 3 aromatic rings. The second-order valence-corrected chi connectivity index (χ2v) is 11.7. The summed E-state index contributed by atoms with van der Waals surface area (Å²) in [6.07, 6.45) is -4.70. The highest BCUT2D eigenvalue weighted by molar-refractivity contribution is 7.91. The number of fused-ring (bicyclic) bond motifs is 1. The van der Waals surface area contributed by atoms with E-state index in [-0.39, 0.29) is 21.1 Å². The Labute approximate surface area is 215 Å². The first-order valence-electron chi connectivity index (χ1n) is 9.76. The average molecular weight is 584 g/mol. The molecule has 1 atom stereocenters. The quantitative estimate of drug-likeness (QED) is 0.196. The number of carboxylic acid groups (broad SMARTS) is 1. The molecule has 3 aromatic heterocycles. The van der Waals surface area contributed by atoms with Crippen LogP contribution < -0.4 is 10.5 Å². The van der Waals surface area contributed by atoms with Crippen molar-refractivity contribution in [2.75, 3.05) is 6.54 Å². The third kappa shape index (κ3) is 6.70. The van der Waals surface area contributed by atoms with Crippen LogP contribution in [0.3, 0.4) is 0 Å². The molecule has 17 heteroatoms. The summed E-state index contributed by atoms with van der Waals surface area (Å²) in [4.78, 5) is 27.9. The van der Waals surface area contributed by atoms with Crippen molar-refractivity contribution in [1.82, 2.24) is 14.6 Å². The summed E-state index contributed by atoms with van der Waals surface area (Å²) in [5, 5.41) is 16.7. The summed E-state index contributed by atoms with van der Waals surface area (Å²) in [6.45, 7) is 0.799. The molecule has 4 heterocycles. The van der Waals surface area contributed by atoms with Crippen molar-refractivity contribution >= 4 is 72.2 Å². The topological polar surface area (TPSA) is 167 Å². The SMILES string of the molecule is N=C(N)c1cc(CN2CC[C@H](NS(=O)(=O)c3cc4nc(Cl)ccc4s3)C2=O)cs1.O=C(O)C(F)(F)F. The lowest BCUT2D eigenvalue weighted by atomic mass is 10.3. The number of pyridine rings is 1. The number of alkyl halides is 3. The first-order valence-corrected chi connectivity index (χ1v) is 13.3. The zero-order valence-electron chi connectivity index (χ0n) is 17.9. The molecule has 0 aromatic carbocycles. The van der Waals surface area contributed by atoms with Crippen LogP contribution in [0.1, 0.15) is 16.9 Å². The second kappa shape index (κ2) is 10.7. The lowest BCUT2D eigenvalue weighted by Gasteiger charge is -2.16. The van der Waals surface area contributed by atoms with E-state index in [0.29, 0.717) is 34.6 Å². The molecule has 1 fully saturated rings. The number of thiophene rings is 2. The minimum atomic E-state index is -5.08. The third-order valence-corrected chi connectivity index (χ3v) is 8.97. The molecular formula is C19H17ClF3N5O5S3. The molecule has 4 rings (SSSR count). The van der Waals surface area contributed by atoms with Gasteiger partial charge in [-0.05, 0) is 41.6 Å². The number of nitrogen functional groups attached to an aromatic ring is 1. The Morgan fingerprint density at radius 1 is 1.36 bits per heavy atom. The molecule has 0 unspecified atom stereocenters. The van der Waals surface area contributed by atoms with Gasteiger partial charge in [0.25, 0.3) is 10.0 Å². The number of hydrogen-bond donors (Lipinski definition) is 4. The Hall–Kier alpha value is -2.79. The lowest BCUT2D eigenvalue weighted by molar-refractivity contribution is -0.192. The Bertz CT molecular complexity index is 1420. The molecule has 1 aliphatic rings. The summed E-state index contributed by atoms with van der Waals surface area (Å²) >= 11 is 8.28. The highest BCUT2D eigenvalue weighted by Gasteiger charge is 2.38. The van der Waals surface area contributed by atoms with E-state index in [2.05, 4.69) is 9.71 Å². The first-order chi connectivity index (χ1) is 16.7. The number of nitrogens with zero attached hydrogens (tertiary/aromatic N) is 2. The predicted octanol–water partition coefficient (Wildman–Crippen LogP) is 3.01. The third-order valence-electron chi connectivity index (χ3n) is 4.71. The highest BCUT2D eigenvalue weighted by Crippen LogP contribution is 2.29. The first kappa shape index (κ1) is 27.8. The number of rotatable bonds is 6. The Balaban J connectivity index is 0.000000454. The van der Waals surface area contributed by atoms with Gasteiger partial charge in [0, 0.05) is 13.1 Å². The molecule has 5 N–H and O–H groups in total. The smallest absolute Gasteiger partial charge is 0.475 e. The maximum absolute atomic E-state index is 12.8. The van der Waals surface area contributed by atoms with Crippen molar-refractivity contribution in [2.24, 2.45) is 5.73 Å². The van der Waals surface area contributed by atoms with Crippen LogP contribution in [0.5, 0.6) is 0 Å². The summed E-state index contributed by atoms with van der Waals surface area (Å²) < 4.78 is 60.6. The summed E-state index contributed by atoms with van der Waals surface area (Å²) in [7, 11) is -3.86. The van der Waals surface area contributed by atoms with E-state index in [9.17, 15) is 26.4 Å². The van der Waals surface area contributed by atoms with Gasteiger partial charge in [-0.25, -0.2) is 18.2 Å². The number of carbonyl (C=O) groups excluding carboxylic acids is 1. The van der Waals surface area contributed by atoms with Gasteiger partial charge < -0.3 is 15.7 Å². The van der Waals surface area contributed by atoms with Gasteiger partial charge in [-0.2, -0.15) is 17.9 Å². The molecule has 0 spiro atoms. The summed E-state index contributed by atoms with van der Waals surface area (Å²) in [5.74, 6) is -3.04. The van der Waals surface area contributed by atoms with E-state index < -0.39 is 28.2 Å². The number of amidine groups is 1. The van der Waals surface area contributed by atoms with Crippen LogP contribution in [-0.2, 0) is 26.2 Å². The van der Waals surface area contributed by atoms with Gasteiger partial charge in [0.2, 0.25) is 5.91 Å². The van der Waals surface area contributed by atoms with Crippen molar-refractivity contribution in [2.45, 2.75) is 29.4 Å². The largest absolute Gasteiger partial charge is 0.490 e. The van der Waals surface area contributed by atoms with Gasteiger partial charge in [-0.1, -0.05) is 11.6 Å². The van der Waals surface area contributed by atoms with E-state index >= 15 is 0 Å². The molecule has 1 amide bonds. The number of aromatic nitrogens is 1. The minimum Gasteiger partial charge on any atom is -0.475 e. The molecule has 1 saturated heterocycles. The lowest BCUT2D eigenvalue weighted by Crippen LogP contribution is -2.41. The van der Waals surface area contributed by atoms with Crippen LogP contribution in [0.15, 0.2) is 33.9 Å². The molecule has 0 bridgehead atoms. The molecule has 10 nitrogen and oxygen atoms in total. The van der Waals surface area contributed by atoms with E-state index in [0.717, 1.165) is 16.9 Å². The number of nitrogens with one attached hydrogen (secondary N) is 2. The van der Waals surface area contributed by atoms with Crippen molar-refractivity contribution in [1.29, 1.82) is 5.41 Å². The number of nitrogens with two attached hydrogens (primary N) is 1. The monoisotopic (exact) mass is 583 g/mol. The Morgan fingerprint density at radius 3 is 2.61 bits per heavy atom. The molecule has 0 aliphatic carbocycles. The zero-order valence-corrected chi connectivity index (χ0v) is 21.1. The number of halogens is 4. The summed E-state index contributed by atoms with van der Waals surface area (Å²) in [5.41, 5.74) is 6.84. The van der Waals surface area contributed by atoms with Crippen molar-refractivity contribution in [3.05, 3.63) is 45.2 Å². The van der Waals surface area contributed by atoms with E-state index in [1.54, 1.807) is 23.1 Å². The van der Waals surface area contributed by atoms with Crippen molar-refractivity contribution < 1.29 is 36.3 Å². The molecule has 0 radical (unpaired) electrons. The number of likely N-dealkylation sites (tertiary alicyclic amines) is 1. The fourth-order valence-electron chi connectivity index (χ4n) is 3.08. The minimum absolute atomic E-state index is 0.0150. The standard InChI is InChI=1S/C17H16ClN5O3S3.C2HF3O2/c18-14-2-1-12-11(21-14)6-15(28-12)29(25,26)22-10-3-4-23(17(10)24)7-9-5-13(16(19)20)27-8-9;3-2(4,5)1(6)7/h1-2,5-6,8,10,22H,3-4,7H2,(H3,19,20);(H,6,7)/t10-;/m0./s1.